The standard InChI is InChI=1S/C17H20N4O3/c1-10-11(2)20-21-17(14(10)8-18)19-9-15(22)13-7-12(23-3)5-6-16(13)24-4/h5-7,15,22H,9H2,1-4H3,(H,19,21)/t15-/m1/s1. The van der Waals surface area contributed by atoms with E-state index in [2.05, 4.69) is 21.6 Å². The lowest BCUT2D eigenvalue weighted by Gasteiger charge is -2.17. The van der Waals surface area contributed by atoms with Crippen LogP contribution in [0.25, 0.3) is 0 Å². The first-order valence-electron chi connectivity index (χ1n) is 7.39. The SMILES string of the molecule is COc1ccc(OC)c([C@H](O)CNc2nnc(C)c(C)c2C#N)c1. The van der Waals surface area contributed by atoms with Gasteiger partial charge in [0.05, 0.1) is 26.0 Å². The Morgan fingerprint density at radius 2 is 2.00 bits per heavy atom. The second-order valence-electron chi connectivity index (χ2n) is 5.25. The highest BCUT2D eigenvalue weighted by atomic mass is 16.5. The summed E-state index contributed by atoms with van der Waals surface area (Å²) in [4.78, 5) is 0. The molecule has 0 amide bonds. The number of anilines is 1. The molecule has 2 aromatic rings. The van der Waals surface area contributed by atoms with Crippen LogP contribution >= 0.6 is 0 Å². The van der Waals surface area contributed by atoms with Gasteiger partial charge in [-0.15, -0.1) is 5.10 Å². The molecule has 2 rings (SSSR count). The Hall–Kier alpha value is -2.85. The smallest absolute Gasteiger partial charge is 0.167 e. The summed E-state index contributed by atoms with van der Waals surface area (Å²) in [6.07, 6.45) is -0.870. The van der Waals surface area contributed by atoms with Gasteiger partial charge in [0.1, 0.15) is 23.1 Å². The molecule has 126 valence electrons. The van der Waals surface area contributed by atoms with Crippen molar-refractivity contribution in [1.29, 1.82) is 5.26 Å². The number of nitriles is 1. The lowest BCUT2D eigenvalue weighted by Crippen LogP contribution is -2.16. The molecule has 0 unspecified atom stereocenters. The molecule has 0 saturated heterocycles. The van der Waals surface area contributed by atoms with Gasteiger partial charge in [0.15, 0.2) is 5.82 Å². The minimum atomic E-state index is -0.870. The fourth-order valence-electron chi connectivity index (χ4n) is 2.27. The number of aliphatic hydroxyl groups excluding tert-OH is 1. The number of aromatic nitrogens is 2. The quantitative estimate of drug-likeness (QED) is 0.837. The van der Waals surface area contributed by atoms with E-state index >= 15 is 0 Å². The Morgan fingerprint density at radius 3 is 2.62 bits per heavy atom. The van der Waals surface area contributed by atoms with Gasteiger partial charge >= 0.3 is 0 Å². The second kappa shape index (κ2) is 7.62. The van der Waals surface area contributed by atoms with Crippen LogP contribution in [-0.4, -0.2) is 36.1 Å². The largest absolute Gasteiger partial charge is 0.497 e. The minimum absolute atomic E-state index is 0.148. The molecule has 7 heteroatoms. The van der Waals surface area contributed by atoms with Crippen molar-refractivity contribution in [1.82, 2.24) is 10.2 Å². The molecule has 0 spiro atoms. The van der Waals surface area contributed by atoms with Crippen LogP contribution in [0.4, 0.5) is 5.82 Å². The predicted molar refractivity (Wildman–Crippen MR) is 89.2 cm³/mol. The van der Waals surface area contributed by atoms with Crippen LogP contribution in [0.5, 0.6) is 11.5 Å². The van der Waals surface area contributed by atoms with Gasteiger partial charge in [0.25, 0.3) is 0 Å². The van der Waals surface area contributed by atoms with Crippen LogP contribution in [0.1, 0.15) is 28.5 Å². The summed E-state index contributed by atoms with van der Waals surface area (Å²) in [5, 5.41) is 30.8. The molecule has 0 aliphatic heterocycles. The zero-order chi connectivity index (χ0) is 17.7. The number of methoxy groups -OCH3 is 2. The summed E-state index contributed by atoms with van der Waals surface area (Å²) in [5.74, 6) is 1.52. The highest BCUT2D eigenvalue weighted by Crippen LogP contribution is 2.29. The molecule has 7 nitrogen and oxygen atoms in total. The maximum absolute atomic E-state index is 10.5. The van der Waals surface area contributed by atoms with Gasteiger partial charge < -0.3 is 19.9 Å². The number of benzene rings is 1. The zero-order valence-corrected chi connectivity index (χ0v) is 14.1. The third-order valence-electron chi connectivity index (χ3n) is 3.83. The van der Waals surface area contributed by atoms with Crippen molar-refractivity contribution in [2.24, 2.45) is 0 Å². The Bertz CT molecular complexity index is 771. The molecule has 2 N–H and O–H groups in total. The second-order valence-corrected chi connectivity index (χ2v) is 5.25. The van der Waals surface area contributed by atoms with Gasteiger partial charge in [0.2, 0.25) is 0 Å². The van der Waals surface area contributed by atoms with Gasteiger partial charge in [0, 0.05) is 12.1 Å². The highest BCUT2D eigenvalue weighted by molar-refractivity contribution is 5.56. The summed E-state index contributed by atoms with van der Waals surface area (Å²) in [6, 6.07) is 7.31. The summed E-state index contributed by atoms with van der Waals surface area (Å²) in [7, 11) is 3.09. The molecule has 24 heavy (non-hydrogen) atoms. The summed E-state index contributed by atoms with van der Waals surface area (Å²) in [6.45, 7) is 3.76. The number of rotatable bonds is 6. The molecular weight excluding hydrogens is 308 g/mol. The minimum Gasteiger partial charge on any atom is -0.497 e. The van der Waals surface area contributed by atoms with Crippen LogP contribution in [0, 0.1) is 25.2 Å². The number of ether oxygens (including phenoxy) is 2. The Morgan fingerprint density at radius 1 is 1.25 bits per heavy atom. The first-order valence-corrected chi connectivity index (χ1v) is 7.39. The maximum atomic E-state index is 10.5. The number of nitrogens with one attached hydrogen (secondary N) is 1. The molecular formula is C17H20N4O3. The first-order chi connectivity index (χ1) is 11.5. The van der Waals surface area contributed by atoms with Crippen molar-refractivity contribution in [3.05, 3.63) is 40.6 Å². The van der Waals surface area contributed by atoms with E-state index in [0.29, 0.717) is 34.1 Å². The summed E-state index contributed by atoms with van der Waals surface area (Å²) < 4.78 is 10.5. The van der Waals surface area contributed by atoms with Crippen molar-refractivity contribution < 1.29 is 14.6 Å². The number of aliphatic hydroxyl groups is 1. The van der Waals surface area contributed by atoms with E-state index in [4.69, 9.17) is 9.47 Å². The van der Waals surface area contributed by atoms with Crippen LogP contribution in [0.2, 0.25) is 0 Å². The van der Waals surface area contributed by atoms with Crippen molar-refractivity contribution >= 4 is 5.82 Å². The highest BCUT2D eigenvalue weighted by Gasteiger charge is 2.17. The summed E-state index contributed by atoms with van der Waals surface area (Å²) in [5.41, 5.74) is 2.47. The Kier molecular flexibility index (Phi) is 5.55. The Labute approximate surface area is 140 Å². The molecule has 1 atom stereocenters. The Balaban J connectivity index is 2.22. The van der Waals surface area contributed by atoms with Crippen LogP contribution in [0.3, 0.4) is 0 Å². The fourth-order valence-corrected chi connectivity index (χ4v) is 2.27. The normalized spacial score (nSPS) is 11.5. The fraction of sp³-hybridized carbons (Fsp3) is 0.353. The molecule has 0 aliphatic rings. The van der Waals surface area contributed by atoms with E-state index in [1.807, 2.05) is 6.92 Å². The van der Waals surface area contributed by atoms with Crippen LogP contribution in [-0.2, 0) is 0 Å². The maximum Gasteiger partial charge on any atom is 0.167 e. The molecule has 0 fully saturated rings. The van der Waals surface area contributed by atoms with E-state index in [-0.39, 0.29) is 6.54 Å². The van der Waals surface area contributed by atoms with Crippen LogP contribution in [0.15, 0.2) is 18.2 Å². The first kappa shape index (κ1) is 17.5. The van der Waals surface area contributed by atoms with Gasteiger partial charge in [-0.3, -0.25) is 0 Å². The van der Waals surface area contributed by atoms with Crippen LogP contribution < -0.4 is 14.8 Å². The number of nitrogens with zero attached hydrogens (tertiary/aromatic N) is 3. The molecule has 1 aromatic heterocycles. The van der Waals surface area contributed by atoms with Gasteiger partial charge in [-0.05, 0) is 37.6 Å². The third kappa shape index (κ3) is 3.55. The molecule has 1 heterocycles. The number of hydrogen-bond acceptors (Lipinski definition) is 7. The van der Waals surface area contributed by atoms with Crippen molar-refractivity contribution in [3.63, 3.8) is 0 Å². The van der Waals surface area contributed by atoms with Gasteiger partial charge in [-0.2, -0.15) is 10.4 Å². The van der Waals surface area contributed by atoms with Crippen molar-refractivity contribution in [3.8, 4) is 17.6 Å². The summed E-state index contributed by atoms with van der Waals surface area (Å²) >= 11 is 0. The van der Waals surface area contributed by atoms with Crippen molar-refractivity contribution in [2.75, 3.05) is 26.1 Å². The molecule has 1 aromatic carbocycles. The van der Waals surface area contributed by atoms with Gasteiger partial charge in [-0.25, -0.2) is 0 Å². The zero-order valence-electron chi connectivity index (χ0n) is 14.1. The third-order valence-corrected chi connectivity index (χ3v) is 3.83. The van der Waals surface area contributed by atoms with E-state index in [9.17, 15) is 10.4 Å². The lowest BCUT2D eigenvalue weighted by atomic mass is 10.1. The molecule has 0 bridgehead atoms. The monoisotopic (exact) mass is 328 g/mol. The average Bonchev–Trinajstić information content (AvgIpc) is 2.61. The van der Waals surface area contributed by atoms with E-state index in [1.54, 1.807) is 32.2 Å². The van der Waals surface area contributed by atoms with E-state index in [0.717, 1.165) is 5.56 Å². The lowest BCUT2D eigenvalue weighted by molar-refractivity contribution is 0.186. The number of aryl methyl sites for hydroxylation is 1. The van der Waals surface area contributed by atoms with Gasteiger partial charge in [-0.1, -0.05) is 0 Å². The average molecular weight is 328 g/mol. The topological polar surface area (TPSA) is 100 Å². The molecule has 0 aliphatic carbocycles. The van der Waals surface area contributed by atoms with E-state index in [1.165, 1.54) is 7.11 Å². The molecule has 0 radical (unpaired) electrons. The van der Waals surface area contributed by atoms with Crippen molar-refractivity contribution in [2.45, 2.75) is 20.0 Å². The molecule has 0 saturated carbocycles. The predicted octanol–water partition coefficient (Wildman–Crippen LogP) is 2.13. The number of hydrogen-bond donors (Lipinski definition) is 2. The van der Waals surface area contributed by atoms with E-state index < -0.39 is 6.10 Å².